The highest BCUT2D eigenvalue weighted by atomic mass is 35.5. The first-order valence-electron chi connectivity index (χ1n) is 13.7. The predicted molar refractivity (Wildman–Crippen MR) is 166 cm³/mol. The molecule has 43 heavy (non-hydrogen) atoms. The summed E-state index contributed by atoms with van der Waals surface area (Å²) in [6.45, 7) is 2.45. The van der Waals surface area contributed by atoms with Gasteiger partial charge in [-0.2, -0.15) is 5.26 Å². The molecule has 1 amide bonds. The molecular formula is C32H32ClN3O6S. The molecule has 0 aromatic heterocycles. The Labute approximate surface area is 261 Å². The summed E-state index contributed by atoms with van der Waals surface area (Å²) in [4.78, 5) is 27.4. The molecule has 0 spiro atoms. The van der Waals surface area contributed by atoms with E-state index < -0.39 is 17.9 Å². The summed E-state index contributed by atoms with van der Waals surface area (Å²) in [5.74, 6) is 0.693. The molecule has 1 N–H and O–H groups in total. The summed E-state index contributed by atoms with van der Waals surface area (Å²) in [6, 6.07) is 18.5. The Morgan fingerprint density at radius 2 is 1.81 bits per heavy atom. The van der Waals surface area contributed by atoms with Gasteiger partial charge in [0, 0.05) is 13.0 Å². The number of amides is 1. The van der Waals surface area contributed by atoms with Crippen LogP contribution in [0.25, 0.3) is 0 Å². The van der Waals surface area contributed by atoms with E-state index in [1.807, 2.05) is 17.0 Å². The number of carbonyl (C=O) groups excluding carboxylic acids is 2. The van der Waals surface area contributed by atoms with E-state index in [1.165, 1.54) is 0 Å². The van der Waals surface area contributed by atoms with Crippen molar-refractivity contribution in [3.8, 4) is 23.3 Å². The number of hydrogen-bond acceptors (Lipinski definition) is 8. The zero-order valence-electron chi connectivity index (χ0n) is 24.1. The Balaban J connectivity index is 1.46. The van der Waals surface area contributed by atoms with Crippen LogP contribution in [0, 0.1) is 11.3 Å². The predicted octanol–water partition coefficient (Wildman–Crippen LogP) is 5.44. The van der Waals surface area contributed by atoms with Gasteiger partial charge in [-0.3, -0.25) is 4.79 Å². The molecule has 4 rings (SSSR count). The minimum absolute atomic E-state index is 0.176. The number of methoxy groups -OCH3 is 2. The molecule has 1 aliphatic rings. The molecule has 1 aliphatic heterocycles. The molecule has 224 valence electrons. The van der Waals surface area contributed by atoms with E-state index >= 15 is 0 Å². The lowest BCUT2D eigenvalue weighted by Crippen LogP contribution is -2.43. The normalized spacial score (nSPS) is 14.5. The maximum Gasteiger partial charge on any atom is 0.328 e. The first-order valence-corrected chi connectivity index (χ1v) is 14.5. The van der Waals surface area contributed by atoms with Crippen molar-refractivity contribution in [3.63, 3.8) is 0 Å². The highest BCUT2D eigenvalue weighted by molar-refractivity contribution is 7.80. The summed E-state index contributed by atoms with van der Waals surface area (Å²) in [5.41, 5.74) is 3.05. The summed E-state index contributed by atoms with van der Waals surface area (Å²) in [5, 5.41) is 12.8. The van der Waals surface area contributed by atoms with Gasteiger partial charge in [-0.1, -0.05) is 35.9 Å². The Morgan fingerprint density at radius 3 is 2.47 bits per heavy atom. The minimum atomic E-state index is -0.924. The van der Waals surface area contributed by atoms with Crippen LogP contribution in [0.3, 0.4) is 0 Å². The van der Waals surface area contributed by atoms with Crippen LogP contribution in [0.5, 0.6) is 17.2 Å². The van der Waals surface area contributed by atoms with Crippen LogP contribution in [0.4, 0.5) is 0 Å². The van der Waals surface area contributed by atoms with Crippen molar-refractivity contribution in [2.75, 3.05) is 27.4 Å². The number of halogens is 1. The van der Waals surface area contributed by atoms with Crippen LogP contribution >= 0.6 is 23.8 Å². The van der Waals surface area contributed by atoms with Gasteiger partial charge in [-0.25, -0.2) is 4.79 Å². The number of nitrogens with one attached hydrogen (secondary N) is 1. The molecule has 0 radical (unpaired) electrons. The fourth-order valence-electron chi connectivity index (χ4n) is 4.96. The van der Waals surface area contributed by atoms with Gasteiger partial charge < -0.3 is 29.2 Å². The number of benzene rings is 3. The molecule has 3 aromatic carbocycles. The smallest absolute Gasteiger partial charge is 0.328 e. The van der Waals surface area contributed by atoms with Crippen LogP contribution in [0.1, 0.15) is 46.4 Å². The molecule has 1 heterocycles. The largest absolute Gasteiger partial charge is 0.493 e. The van der Waals surface area contributed by atoms with Gasteiger partial charge in [0.2, 0.25) is 0 Å². The summed E-state index contributed by atoms with van der Waals surface area (Å²) in [7, 11) is 3.16. The van der Waals surface area contributed by atoms with Crippen LogP contribution in [0.15, 0.2) is 60.7 Å². The van der Waals surface area contributed by atoms with E-state index in [1.54, 1.807) is 69.7 Å². The quantitative estimate of drug-likeness (QED) is 0.234. The molecule has 3 aromatic rings. The van der Waals surface area contributed by atoms with Crippen molar-refractivity contribution in [2.24, 2.45) is 0 Å². The number of nitriles is 1. The molecule has 0 aliphatic carbocycles. The van der Waals surface area contributed by atoms with Gasteiger partial charge in [0.1, 0.15) is 11.8 Å². The Bertz CT molecular complexity index is 1520. The van der Waals surface area contributed by atoms with Crippen molar-refractivity contribution < 1.29 is 28.5 Å². The number of esters is 1. The van der Waals surface area contributed by atoms with Gasteiger partial charge in [0.25, 0.3) is 11.1 Å². The van der Waals surface area contributed by atoms with E-state index in [9.17, 15) is 14.9 Å². The van der Waals surface area contributed by atoms with Crippen LogP contribution in [-0.4, -0.2) is 55.4 Å². The van der Waals surface area contributed by atoms with E-state index in [0.717, 1.165) is 16.7 Å². The first-order chi connectivity index (χ1) is 20.8. The third-order valence-corrected chi connectivity index (χ3v) is 7.73. The van der Waals surface area contributed by atoms with Crippen molar-refractivity contribution in [1.29, 1.82) is 5.26 Å². The number of hydrogen-bond donors (Lipinski definition) is 1. The Morgan fingerprint density at radius 1 is 1.12 bits per heavy atom. The Kier molecular flexibility index (Phi) is 10.8. The zero-order chi connectivity index (χ0) is 30.9. The molecule has 0 saturated carbocycles. The number of thiocarbonyl (C=S) groups is 1. The highest BCUT2D eigenvalue weighted by Crippen LogP contribution is 2.39. The average molecular weight is 622 g/mol. The molecule has 0 bridgehead atoms. The second-order valence-corrected chi connectivity index (χ2v) is 10.5. The molecule has 11 heteroatoms. The molecule has 9 nitrogen and oxygen atoms in total. The standard InChI is InChI=1S/C32H32ClN3O6S/c1-4-41-31(38)26(35-30(37)23-7-5-6-8-25(23)33)17-20-9-11-22(12-10-20)42-32(43)36-16-14-21-18-28(39-2)29(40-3)19-24(21)27(36)13-15-34/h5-12,18-19,26-27H,4,13-14,16-17H2,1-3H3,(H,35,37)/t26-,27?/m0/s1. The monoisotopic (exact) mass is 621 g/mol. The topological polar surface area (TPSA) is 110 Å². The number of rotatable bonds is 10. The van der Waals surface area contributed by atoms with Gasteiger partial charge in [0.15, 0.2) is 11.5 Å². The second kappa shape index (κ2) is 14.7. The highest BCUT2D eigenvalue weighted by Gasteiger charge is 2.32. The average Bonchev–Trinajstić information content (AvgIpc) is 3.01. The van der Waals surface area contributed by atoms with Gasteiger partial charge >= 0.3 is 5.97 Å². The summed E-state index contributed by atoms with van der Waals surface area (Å²) in [6.07, 6.45) is 1.09. The molecule has 0 saturated heterocycles. The molecule has 1 unspecified atom stereocenters. The second-order valence-electron chi connectivity index (χ2n) is 9.70. The summed E-state index contributed by atoms with van der Waals surface area (Å²) >= 11 is 11.8. The van der Waals surface area contributed by atoms with Crippen LogP contribution in [-0.2, 0) is 22.4 Å². The number of carbonyl (C=O) groups is 2. The first kappa shape index (κ1) is 31.6. The van der Waals surface area contributed by atoms with E-state index in [0.29, 0.717) is 30.2 Å². The third kappa shape index (κ3) is 7.55. The third-order valence-electron chi connectivity index (χ3n) is 7.09. The van der Waals surface area contributed by atoms with E-state index in [4.69, 9.17) is 42.8 Å². The molecule has 0 fully saturated rings. The number of fused-ring (bicyclic) bond motifs is 1. The zero-order valence-corrected chi connectivity index (χ0v) is 25.7. The summed E-state index contributed by atoms with van der Waals surface area (Å²) < 4.78 is 22.2. The number of nitrogens with zero attached hydrogens (tertiary/aromatic N) is 2. The minimum Gasteiger partial charge on any atom is -0.493 e. The van der Waals surface area contributed by atoms with Gasteiger partial charge in [-0.15, -0.1) is 0 Å². The SMILES string of the molecule is CCOC(=O)[C@H](Cc1ccc(OC(=S)N2CCc3cc(OC)c(OC)cc3C2CC#N)cc1)NC(=O)c1ccccc1Cl. The van der Waals surface area contributed by atoms with Crippen molar-refractivity contribution in [3.05, 3.63) is 87.9 Å². The van der Waals surface area contributed by atoms with Crippen molar-refractivity contribution in [1.82, 2.24) is 10.2 Å². The van der Waals surface area contributed by atoms with Gasteiger partial charge in [-0.05, 0) is 78.7 Å². The molecular weight excluding hydrogens is 590 g/mol. The van der Waals surface area contributed by atoms with Crippen molar-refractivity contribution in [2.45, 2.75) is 38.3 Å². The maximum absolute atomic E-state index is 12.8. The lowest BCUT2D eigenvalue weighted by molar-refractivity contribution is -0.145. The van der Waals surface area contributed by atoms with Crippen LogP contribution in [0.2, 0.25) is 5.02 Å². The fourth-order valence-corrected chi connectivity index (χ4v) is 5.50. The maximum atomic E-state index is 12.8. The number of ether oxygens (including phenoxy) is 4. The van der Waals surface area contributed by atoms with E-state index in [-0.39, 0.29) is 41.3 Å². The van der Waals surface area contributed by atoms with Crippen LogP contribution < -0.4 is 19.5 Å². The lowest BCUT2D eigenvalue weighted by Gasteiger charge is -2.37. The van der Waals surface area contributed by atoms with E-state index in [2.05, 4.69) is 11.4 Å². The van der Waals surface area contributed by atoms with Gasteiger partial charge in [0.05, 0.1) is 49.9 Å². The molecule has 2 atom stereocenters. The van der Waals surface area contributed by atoms with Crippen molar-refractivity contribution >= 4 is 40.9 Å². The lowest BCUT2D eigenvalue weighted by atomic mass is 9.90. The Hall–Kier alpha value is -4.33. The fraction of sp³-hybridized carbons (Fsp3) is 0.312.